The fourth-order valence-corrected chi connectivity index (χ4v) is 2.25. The van der Waals surface area contributed by atoms with Crippen molar-refractivity contribution in [2.24, 2.45) is 0 Å². The van der Waals surface area contributed by atoms with Gasteiger partial charge in [-0.2, -0.15) is 10.5 Å². The monoisotopic (exact) mass is 315 g/mol. The van der Waals surface area contributed by atoms with Crippen molar-refractivity contribution < 1.29 is 4.39 Å². The van der Waals surface area contributed by atoms with E-state index < -0.39 is 11.7 Å². The van der Waals surface area contributed by atoms with E-state index in [1.54, 1.807) is 36.4 Å². The Balaban J connectivity index is 2.21. The van der Waals surface area contributed by atoms with Crippen LogP contribution >= 0.6 is 0 Å². The summed E-state index contributed by atoms with van der Waals surface area (Å²) in [6.07, 6.45) is 0. The summed E-state index contributed by atoms with van der Waals surface area (Å²) in [4.78, 5) is 4.26. The predicted molar refractivity (Wildman–Crippen MR) is 84.6 cm³/mol. The summed E-state index contributed by atoms with van der Waals surface area (Å²) in [5, 5.41) is 26.5. The van der Waals surface area contributed by atoms with Crippen LogP contribution in [0.1, 0.15) is 11.6 Å². The summed E-state index contributed by atoms with van der Waals surface area (Å²) in [5.41, 5.74) is 1.35. The smallest absolute Gasteiger partial charge is 0.185 e. The van der Waals surface area contributed by atoms with Crippen LogP contribution in [0.2, 0.25) is 0 Å². The first-order chi connectivity index (χ1) is 11.7. The van der Waals surface area contributed by atoms with Gasteiger partial charge in [-0.25, -0.2) is 9.37 Å². The van der Waals surface area contributed by atoms with Crippen LogP contribution < -0.4 is 0 Å². The van der Waals surface area contributed by atoms with Crippen LogP contribution in [0.3, 0.4) is 0 Å². The topological polar surface area (TPSA) is 86.2 Å². The molecule has 6 heteroatoms. The zero-order chi connectivity index (χ0) is 16.9. The molecule has 0 aliphatic heterocycles. The van der Waals surface area contributed by atoms with Crippen LogP contribution in [0.4, 0.5) is 4.39 Å². The average Bonchev–Trinajstić information content (AvgIpc) is 2.64. The minimum atomic E-state index is -1.12. The van der Waals surface area contributed by atoms with Crippen molar-refractivity contribution >= 4 is 0 Å². The largest absolute Gasteiger partial charge is 0.227 e. The first-order valence-corrected chi connectivity index (χ1v) is 7.08. The highest BCUT2D eigenvalue weighted by atomic mass is 19.1. The van der Waals surface area contributed by atoms with Gasteiger partial charge in [-0.1, -0.05) is 42.5 Å². The lowest BCUT2D eigenvalue weighted by atomic mass is 10.0. The maximum Gasteiger partial charge on any atom is 0.185 e. The second-order valence-electron chi connectivity index (χ2n) is 4.91. The van der Waals surface area contributed by atoms with E-state index in [1.165, 1.54) is 12.1 Å². The van der Waals surface area contributed by atoms with Gasteiger partial charge < -0.3 is 0 Å². The van der Waals surface area contributed by atoms with E-state index in [0.717, 1.165) is 0 Å². The van der Waals surface area contributed by atoms with Crippen molar-refractivity contribution in [2.75, 3.05) is 0 Å². The van der Waals surface area contributed by atoms with E-state index >= 15 is 0 Å². The Morgan fingerprint density at radius 2 is 1.54 bits per heavy atom. The van der Waals surface area contributed by atoms with E-state index in [9.17, 15) is 14.9 Å². The summed E-state index contributed by atoms with van der Waals surface area (Å²) < 4.78 is 14.0. The van der Waals surface area contributed by atoms with Crippen LogP contribution in [0.15, 0.2) is 54.6 Å². The molecule has 0 aliphatic rings. The van der Waals surface area contributed by atoms with E-state index in [0.29, 0.717) is 11.3 Å². The summed E-state index contributed by atoms with van der Waals surface area (Å²) in [5.74, 6) is -1.58. The fraction of sp³-hybridized carbons (Fsp3) is 0.0556. The molecule has 3 aromatic rings. The van der Waals surface area contributed by atoms with Gasteiger partial charge in [0.25, 0.3) is 0 Å². The zero-order valence-corrected chi connectivity index (χ0v) is 12.4. The molecule has 0 N–H and O–H groups in total. The maximum atomic E-state index is 14.0. The average molecular weight is 315 g/mol. The van der Waals surface area contributed by atoms with Crippen LogP contribution in [0.5, 0.6) is 0 Å². The van der Waals surface area contributed by atoms with Crippen LogP contribution in [0, 0.1) is 28.5 Å². The number of hydrogen-bond acceptors (Lipinski definition) is 5. The summed E-state index contributed by atoms with van der Waals surface area (Å²) in [6.45, 7) is 0. The van der Waals surface area contributed by atoms with Gasteiger partial charge in [0.05, 0.1) is 17.7 Å². The molecule has 0 spiro atoms. The lowest BCUT2D eigenvalue weighted by molar-refractivity contribution is 0.629. The van der Waals surface area contributed by atoms with Gasteiger partial charge in [-0.15, -0.1) is 10.2 Å². The van der Waals surface area contributed by atoms with Crippen LogP contribution in [0.25, 0.3) is 22.6 Å². The number of rotatable bonds is 3. The minimum absolute atomic E-state index is 0.0401. The third kappa shape index (κ3) is 2.81. The Hall–Kier alpha value is -3.64. The van der Waals surface area contributed by atoms with E-state index in [1.807, 2.05) is 18.2 Å². The Morgan fingerprint density at radius 3 is 2.21 bits per heavy atom. The number of halogens is 1. The van der Waals surface area contributed by atoms with E-state index in [2.05, 4.69) is 15.2 Å². The number of hydrogen-bond donors (Lipinski definition) is 0. The molecular formula is C18H10FN5. The number of nitriles is 2. The summed E-state index contributed by atoms with van der Waals surface area (Å²) >= 11 is 0. The van der Waals surface area contributed by atoms with Crippen molar-refractivity contribution in [3.63, 3.8) is 0 Å². The van der Waals surface area contributed by atoms with Gasteiger partial charge in [-0.05, 0) is 12.1 Å². The first-order valence-electron chi connectivity index (χ1n) is 7.08. The van der Waals surface area contributed by atoms with Gasteiger partial charge in [-0.3, -0.25) is 0 Å². The third-order valence-electron chi connectivity index (χ3n) is 3.41. The molecule has 0 unspecified atom stereocenters. The van der Waals surface area contributed by atoms with Crippen LogP contribution in [-0.4, -0.2) is 15.2 Å². The molecule has 24 heavy (non-hydrogen) atoms. The Labute approximate surface area is 137 Å². The molecule has 0 saturated carbocycles. The standard InChI is InChI=1S/C18H10FN5/c19-15-9-5-4-8-14(15)18-22-16(13(10-20)11-21)17(23-24-18)12-6-2-1-3-7-12/h1-9,13H. The fourth-order valence-electron chi connectivity index (χ4n) is 2.25. The molecule has 114 valence electrons. The first kappa shape index (κ1) is 15.3. The lowest BCUT2D eigenvalue weighted by Gasteiger charge is -2.09. The lowest BCUT2D eigenvalue weighted by Crippen LogP contribution is -2.06. The Morgan fingerprint density at radius 1 is 0.875 bits per heavy atom. The molecular weight excluding hydrogens is 305 g/mol. The Bertz CT molecular complexity index is 943. The second kappa shape index (κ2) is 6.64. The molecule has 0 radical (unpaired) electrons. The minimum Gasteiger partial charge on any atom is -0.227 e. The number of aromatic nitrogens is 3. The van der Waals surface area contributed by atoms with Gasteiger partial charge in [0.1, 0.15) is 17.2 Å². The summed E-state index contributed by atoms with van der Waals surface area (Å²) in [7, 11) is 0. The van der Waals surface area contributed by atoms with Gasteiger partial charge in [0, 0.05) is 5.56 Å². The molecule has 0 saturated heterocycles. The highest BCUT2D eigenvalue weighted by Crippen LogP contribution is 2.27. The van der Waals surface area contributed by atoms with Gasteiger partial charge >= 0.3 is 0 Å². The second-order valence-corrected chi connectivity index (χ2v) is 4.91. The molecule has 0 aliphatic carbocycles. The van der Waals surface area contributed by atoms with Crippen molar-refractivity contribution in [2.45, 2.75) is 5.92 Å². The molecule has 5 nitrogen and oxygen atoms in total. The number of benzene rings is 2. The number of nitrogens with zero attached hydrogens (tertiary/aromatic N) is 5. The summed E-state index contributed by atoms with van der Waals surface area (Å²) in [6, 6.07) is 18.8. The molecule has 2 aromatic carbocycles. The normalized spacial score (nSPS) is 10.2. The zero-order valence-electron chi connectivity index (χ0n) is 12.4. The predicted octanol–water partition coefficient (Wildman–Crippen LogP) is 3.48. The van der Waals surface area contributed by atoms with E-state index in [4.69, 9.17) is 0 Å². The SMILES string of the molecule is N#CC(C#N)c1nc(-c2ccccc2F)nnc1-c1ccccc1. The maximum absolute atomic E-state index is 14.0. The van der Waals surface area contributed by atoms with Gasteiger partial charge in [0.2, 0.25) is 0 Å². The third-order valence-corrected chi connectivity index (χ3v) is 3.41. The quantitative estimate of drug-likeness (QED) is 0.738. The molecule has 1 heterocycles. The highest BCUT2D eigenvalue weighted by molar-refractivity contribution is 5.65. The molecule has 0 amide bonds. The van der Waals surface area contributed by atoms with Crippen molar-refractivity contribution in [3.05, 3.63) is 66.1 Å². The molecule has 0 bridgehead atoms. The molecule has 3 rings (SSSR count). The van der Waals surface area contributed by atoms with Crippen molar-refractivity contribution in [1.82, 2.24) is 15.2 Å². The van der Waals surface area contributed by atoms with E-state index in [-0.39, 0.29) is 17.1 Å². The Kier molecular flexibility index (Phi) is 4.22. The molecule has 0 atom stereocenters. The molecule has 1 aromatic heterocycles. The van der Waals surface area contributed by atoms with Gasteiger partial charge in [0.15, 0.2) is 11.7 Å². The van der Waals surface area contributed by atoms with Crippen molar-refractivity contribution in [1.29, 1.82) is 10.5 Å². The van der Waals surface area contributed by atoms with Crippen LogP contribution in [-0.2, 0) is 0 Å². The molecule has 0 fully saturated rings. The highest BCUT2D eigenvalue weighted by Gasteiger charge is 2.21. The van der Waals surface area contributed by atoms with Crippen molar-refractivity contribution in [3.8, 4) is 34.8 Å².